The third-order valence-electron chi connectivity index (χ3n) is 0.512. The lowest BCUT2D eigenvalue weighted by Crippen LogP contribution is -1.75. The zero-order chi connectivity index (χ0) is 11.5. The second-order valence-corrected chi connectivity index (χ2v) is 1.28. The van der Waals surface area contributed by atoms with E-state index in [0.29, 0.717) is 6.61 Å². The molecule has 13 heavy (non-hydrogen) atoms. The maximum absolute atomic E-state index is 8.35. The van der Waals surface area contributed by atoms with E-state index in [4.69, 9.17) is 30.1 Å². The molecule has 0 radical (unpaired) electrons. The van der Waals surface area contributed by atoms with E-state index in [-0.39, 0.29) is 0 Å². The number of isocyanates is 2. The Bertz CT molecular complexity index is 117. The van der Waals surface area contributed by atoms with Crippen LogP contribution in [-0.4, -0.2) is 23.9 Å². The van der Waals surface area contributed by atoms with Crippen LogP contribution in [0.25, 0.3) is 0 Å². The van der Waals surface area contributed by atoms with Gasteiger partial charge in [0.15, 0.2) is 0 Å². The van der Waals surface area contributed by atoms with Crippen molar-refractivity contribution in [2.75, 3.05) is 6.61 Å². The molecule has 6 nitrogen and oxygen atoms in total. The number of aliphatic hydroxyl groups is 1. The van der Waals surface area contributed by atoms with Gasteiger partial charge in [0, 0.05) is 6.61 Å². The fourth-order valence-electron chi connectivity index (χ4n) is 0.158. The van der Waals surface area contributed by atoms with Gasteiger partial charge in [0.25, 0.3) is 0 Å². The SMILES string of the molecule is CCCCO.N=C=O.N=C=O.O=[PH2+]. The molecule has 76 valence electrons. The van der Waals surface area contributed by atoms with Gasteiger partial charge < -0.3 is 5.11 Å². The Kier molecular flexibility index (Phi) is 124. The van der Waals surface area contributed by atoms with Crippen molar-refractivity contribution in [1.29, 1.82) is 10.8 Å². The van der Waals surface area contributed by atoms with Crippen LogP contribution in [0.1, 0.15) is 19.8 Å². The monoisotopic (exact) mass is 209 g/mol. The molecule has 1 unspecified atom stereocenters. The van der Waals surface area contributed by atoms with E-state index in [1.807, 2.05) is 0 Å². The molecule has 0 aliphatic heterocycles. The van der Waals surface area contributed by atoms with Crippen molar-refractivity contribution in [3.63, 3.8) is 0 Å². The van der Waals surface area contributed by atoms with Gasteiger partial charge in [0.1, 0.15) is 0 Å². The van der Waals surface area contributed by atoms with Crippen molar-refractivity contribution in [2.24, 2.45) is 0 Å². The van der Waals surface area contributed by atoms with E-state index < -0.39 is 0 Å². The van der Waals surface area contributed by atoms with Crippen molar-refractivity contribution in [2.45, 2.75) is 19.8 Å². The number of rotatable bonds is 2. The summed E-state index contributed by atoms with van der Waals surface area (Å²) in [5, 5.41) is 18.9. The molecule has 0 saturated heterocycles. The second-order valence-electron chi connectivity index (χ2n) is 1.28. The average Bonchev–Trinajstić information content (AvgIpc) is 2.12. The molecule has 0 amide bonds. The highest BCUT2D eigenvalue weighted by Gasteiger charge is 1.69. The third kappa shape index (κ3) is 1250. The summed E-state index contributed by atoms with van der Waals surface area (Å²) in [5.41, 5.74) is 0. The van der Waals surface area contributed by atoms with Gasteiger partial charge in [-0.2, -0.15) is 0 Å². The zero-order valence-electron chi connectivity index (χ0n) is 7.37. The van der Waals surface area contributed by atoms with E-state index in [0.717, 1.165) is 25.0 Å². The van der Waals surface area contributed by atoms with Gasteiger partial charge in [0.2, 0.25) is 12.2 Å². The molecule has 0 aliphatic rings. The molecular weight excluding hydrogens is 195 g/mol. The molecule has 0 saturated carbocycles. The maximum Gasteiger partial charge on any atom is 0.310 e. The van der Waals surface area contributed by atoms with E-state index in [9.17, 15) is 0 Å². The maximum atomic E-state index is 8.35. The zero-order valence-corrected chi connectivity index (χ0v) is 8.53. The van der Waals surface area contributed by atoms with E-state index in [2.05, 4.69) is 6.92 Å². The molecule has 0 aromatic rings. The first kappa shape index (κ1) is 22.6. The molecule has 3 N–H and O–H groups in total. The van der Waals surface area contributed by atoms with Gasteiger partial charge in [-0.25, -0.2) is 20.4 Å². The Morgan fingerprint density at radius 2 is 1.46 bits per heavy atom. The predicted octanol–water partition coefficient (Wildman–Crippen LogP) is 0.788. The molecule has 0 spiro atoms. The normalized spacial score (nSPS) is 4.77. The second kappa shape index (κ2) is 71.5. The Morgan fingerprint density at radius 1 is 1.23 bits per heavy atom. The molecule has 0 rings (SSSR count). The molecular formula is C6H14N2O4P+. The topological polar surface area (TPSA) is 119 Å². The summed E-state index contributed by atoms with van der Waals surface area (Å²) in [7, 11) is 1.17. The minimum atomic E-state index is 0.344. The van der Waals surface area contributed by atoms with Crippen molar-refractivity contribution in [3.05, 3.63) is 0 Å². The Balaban J connectivity index is -0.0000000446. The van der Waals surface area contributed by atoms with Gasteiger partial charge >= 0.3 is 9.12 Å². The summed E-state index contributed by atoms with van der Waals surface area (Å²) in [5.74, 6) is 0. The van der Waals surface area contributed by atoms with E-state index in [1.165, 1.54) is 9.12 Å². The molecule has 7 heteroatoms. The predicted molar refractivity (Wildman–Crippen MR) is 49.2 cm³/mol. The Morgan fingerprint density at radius 3 is 1.46 bits per heavy atom. The van der Waals surface area contributed by atoms with Gasteiger partial charge in [-0.15, -0.1) is 0 Å². The van der Waals surface area contributed by atoms with Crippen LogP contribution < -0.4 is 0 Å². The largest absolute Gasteiger partial charge is 0.396 e. The van der Waals surface area contributed by atoms with Crippen LogP contribution >= 0.6 is 9.12 Å². The number of hydrogen-bond donors (Lipinski definition) is 3. The van der Waals surface area contributed by atoms with Gasteiger partial charge in [-0.3, -0.25) is 0 Å². The van der Waals surface area contributed by atoms with Crippen LogP contribution in [0.4, 0.5) is 0 Å². The summed E-state index contributed by atoms with van der Waals surface area (Å²) in [6.45, 7) is 2.40. The molecule has 0 heterocycles. The number of nitrogens with one attached hydrogen (secondary N) is 2. The number of unbranched alkanes of at least 4 members (excludes halogenated alkanes) is 1. The summed E-state index contributed by atoms with van der Waals surface area (Å²) < 4.78 is 8.17. The lowest BCUT2D eigenvalue weighted by molar-refractivity contribution is 0.287. The average molecular weight is 209 g/mol. The van der Waals surface area contributed by atoms with Gasteiger partial charge in [-0.1, -0.05) is 17.9 Å². The van der Waals surface area contributed by atoms with Crippen LogP contribution in [0.5, 0.6) is 0 Å². The summed E-state index contributed by atoms with van der Waals surface area (Å²) in [4.78, 5) is 16.7. The highest BCUT2D eigenvalue weighted by atomic mass is 31.0. The number of hydrogen-bond acceptors (Lipinski definition) is 6. The van der Waals surface area contributed by atoms with Crippen molar-refractivity contribution in [1.82, 2.24) is 0 Å². The number of carbonyl (C=O) groups excluding carboxylic acids is 2. The van der Waals surface area contributed by atoms with Crippen LogP contribution in [0, 0.1) is 10.8 Å². The first-order chi connectivity index (χ1) is 6.24. The summed E-state index contributed by atoms with van der Waals surface area (Å²) >= 11 is 0. The summed E-state index contributed by atoms with van der Waals surface area (Å²) in [6, 6.07) is 0. The van der Waals surface area contributed by atoms with Crippen molar-refractivity contribution >= 4 is 21.3 Å². The highest BCUT2D eigenvalue weighted by molar-refractivity contribution is 7.00. The molecule has 0 bridgehead atoms. The smallest absolute Gasteiger partial charge is 0.310 e. The van der Waals surface area contributed by atoms with E-state index in [1.54, 1.807) is 0 Å². The molecule has 0 aromatic heterocycles. The minimum absolute atomic E-state index is 0.344. The Hall–Kier alpha value is -1.18. The first-order valence-electron chi connectivity index (χ1n) is 3.17. The van der Waals surface area contributed by atoms with Gasteiger partial charge in [-0.05, 0) is 6.42 Å². The van der Waals surface area contributed by atoms with Crippen LogP contribution in [0.3, 0.4) is 0 Å². The third-order valence-corrected chi connectivity index (χ3v) is 0.512. The number of aliphatic hydroxyl groups excluding tert-OH is 1. The van der Waals surface area contributed by atoms with Crippen molar-refractivity contribution < 1.29 is 19.3 Å². The standard InChI is InChI=1S/C4H10O.2CHNO.H2OP/c1-2-3-4-5;2*2-1-3;1-2/h5H,2-4H2,1H3;2*2H;2H2/q;;;+1. The lowest BCUT2D eigenvalue weighted by atomic mass is 10.4. The molecule has 0 aliphatic carbocycles. The lowest BCUT2D eigenvalue weighted by Gasteiger charge is -1.79. The fraction of sp³-hybridized carbons (Fsp3) is 0.667. The highest BCUT2D eigenvalue weighted by Crippen LogP contribution is 1.78. The quantitative estimate of drug-likeness (QED) is 0.353. The fourth-order valence-corrected chi connectivity index (χ4v) is 0.158. The summed E-state index contributed by atoms with van der Waals surface area (Å²) in [6.07, 6.45) is 3.54. The van der Waals surface area contributed by atoms with Crippen LogP contribution in [-0.2, 0) is 14.2 Å². The molecule has 0 aromatic carbocycles. The first-order valence-corrected chi connectivity index (χ1v) is 3.64. The van der Waals surface area contributed by atoms with Crippen molar-refractivity contribution in [3.8, 4) is 0 Å². The van der Waals surface area contributed by atoms with Gasteiger partial charge in [0.05, 0.1) is 0 Å². The van der Waals surface area contributed by atoms with Crippen LogP contribution in [0.15, 0.2) is 0 Å². The molecule has 1 atom stereocenters. The Labute approximate surface area is 78.6 Å². The minimum Gasteiger partial charge on any atom is -0.396 e. The van der Waals surface area contributed by atoms with Crippen LogP contribution in [0.2, 0.25) is 0 Å². The molecule has 0 fully saturated rings. The van der Waals surface area contributed by atoms with E-state index >= 15 is 0 Å².